The minimum absolute atomic E-state index is 0.0236. The van der Waals surface area contributed by atoms with Crippen LogP contribution in [-0.2, 0) is 11.2 Å². The lowest BCUT2D eigenvalue weighted by molar-refractivity contribution is -0.137. The molecule has 0 saturated heterocycles. The van der Waals surface area contributed by atoms with Crippen LogP contribution in [0.2, 0.25) is 5.02 Å². The van der Waals surface area contributed by atoms with Gasteiger partial charge in [0.2, 0.25) is 0 Å². The summed E-state index contributed by atoms with van der Waals surface area (Å²) >= 11 is 5.79. The number of aromatic nitrogens is 1. The van der Waals surface area contributed by atoms with E-state index in [1.54, 1.807) is 12.1 Å². The topological polar surface area (TPSA) is 63.3 Å². The maximum atomic E-state index is 10.5. The van der Waals surface area contributed by atoms with Crippen LogP contribution in [0.25, 0.3) is 11.3 Å². The summed E-state index contributed by atoms with van der Waals surface area (Å²) in [5.74, 6) is -0.279. The molecule has 2 aromatic rings. The molecule has 0 unspecified atom stereocenters. The van der Waals surface area contributed by atoms with E-state index in [4.69, 9.17) is 21.1 Å². The van der Waals surface area contributed by atoms with Gasteiger partial charge in [-0.3, -0.25) is 4.79 Å². The van der Waals surface area contributed by atoms with Crippen molar-refractivity contribution < 1.29 is 14.3 Å². The zero-order valence-electron chi connectivity index (χ0n) is 8.89. The molecule has 0 fully saturated rings. The van der Waals surface area contributed by atoms with E-state index in [-0.39, 0.29) is 6.42 Å². The summed E-state index contributed by atoms with van der Waals surface area (Å²) in [6.07, 6.45) is 1.67. The minimum Gasteiger partial charge on any atom is -0.481 e. The summed E-state index contributed by atoms with van der Waals surface area (Å²) in [5, 5.41) is 9.27. The molecule has 0 spiro atoms. The van der Waals surface area contributed by atoms with Gasteiger partial charge in [0.05, 0.1) is 6.42 Å². The third-order valence-corrected chi connectivity index (χ3v) is 2.58. The monoisotopic (exact) mass is 251 g/mol. The molecule has 0 aliphatic heterocycles. The van der Waals surface area contributed by atoms with Gasteiger partial charge in [0.25, 0.3) is 0 Å². The van der Waals surface area contributed by atoms with Gasteiger partial charge in [-0.25, -0.2) is 4.98 Å². The molecular weight excluding hydrogens is 242 g/mol. The highest BCUT2D eigenvalue weighted by Gasteiger charge is 2.11. The molecule has 88 valence electrons. The van der Waals surface area contributed by atoms with Crippen LogP contribution in [0.15, 0.2) is 35.1 Å². The molecule has 2 rings (SSSR count). The number of hydrogen-bond acceptors (Lipinski definition) is 3. The summed E-state index contributed by atoms with van der Waals surface area (Å²) in [7, 11) is 0. The summed E-state index contributed by atoms with van der Waals surface area (Å²) in [5.41, 5.74) is 1.53. The highest BCUT2D eigenvalue weighted by molar-refractivity contribution is 6.30. The van der Waals surface area contributed by atoms with Crippen molar-refractivity contribution in [1.82, 2.24) is 4.98 Å². The zero-order chi connectivity index (χ0) is 12.3. The Hall–Kier alpha value is -1.81. The Balaban J connectivity index is 2.24. The first-order chi connectivity index (χ1) is 8.16. The molecule has 0 bridgehead atoms. The first kappa shape index (κ1) is 11.7. The van der Waals surface area contributed by atoms with Gasteiger partial charge in [0, 0.05) is 17.0 Å². The van der Waals surface area contributed by atoms with Crippen molar-refractivity contribution in [3.05, 3.63) is 41.4 Å². The van der Waals surface area contributed by atoms with Crippen molar-refractivity contribution in [3.63, 3.8) is 0 Å². The van der Waals surface area contributed by atoms with E-state index < -0.39 is 5.97 Å². The number of carbonyl (C=O) groups is 1. The molecule has 1 aromatic heterocycles. The fraction of sp³-hybridized carbons (Fsp3) is 0.167. The van der Waals surface area contributed by atoms with Gasteiger partial charge in [0.1, 0.15) is 11.5 Å². The normalized spacial score (nSPS) is 10.4. The largest absolute Gasteiger partial charge is 0.481 e. The first-order valence-electron chi connectivity index (χ1n) is 5.07. The molecular formula is C12H10ClNO3. The van der Waals surface area contributed by atoms with Gasteiger partial charge in [-0.1, -0.05) is 23.7 Å². The van der Waals surface area contributed by atoms with Gasteiger partial charge in [-0.05, 0) is 12.1 Å². The number of benzene rings is 1. The Morgan fingerprint density at radius 1 is 1.35 bits per heavy atom. The predicted molar refractivity (Wildman–Crippen MR) is 62.9 cm³/mol. The molecule has 5 heteroatoms. The third kappa shape index (κ3) is 2.85. The Labute approximate surface area is 103 Å². The zero-order valence-corrected chi connectivity index (χ0v) is 9.65. The quantitative estimate of drug-likeness (QED) is 0.907. The number of carboxylic acids is 1. The van der Waals surface area contributed by atoms with Crippen LogP contribution < -0.4 is 0 Å². The fourth-order valence-corrected chi connectivity index (χ4v) is 1.64. The SMILES string of the molecule is O=C(O)CCc1ocnc1-c1ccc(Cl)cc1. The van der Waals surface area contributed by atoms with Gasteiger partial charge in [0.15, 0.2) is 6.39 Å². The number of oxazole rings is 1. The van der Waals surface area contributed by atoms with Gasteiger partial charge in [-0.2, -0.15) is 0 Å². The summed E-state index contributed by atoms with van der Waals surface area (Å²) < 4.78 is 5.19. The lowest BCUT2D eigenvalue weighted by Gasteiger charge is -2.00. The van der Waals surface area contributed by atoms with Crippen molar-refractivity contribution >= 4 is 17.6 Å². The molecule has 0 radical (unpaired) electrons. The number of rotatable bonds is 4. The average molecular weight is 252 g/mol. The number of aliphatic carboxylic acids is 1. The van der Waals surface area contributed by atoms with E-state index in [1.807, 2.05) is 12.1 Å². The van der Waals surface area contributed by atoms with Crippen molar-refractivity contribution in [1.29, 1.82) is 0 Å². The maximum Gasteiger partial charge on any atom is 0.303 e. The number of aryl methyl sites for hydroxylation is 1. The van der Waals surface area contributed by atoms with Crippen LogP contribution in [0.3, 0.4) is 0 Å². The average Bonchev–Trinajstić information content (AvgIpc) is 2.75. The smallest absolute Gasteiger partial charge is 0.303 e. The second-order valence-electron chi connectivity index (χ2n) is 3.52. The molecule has 0 atom stereocenters. The highest BCUT2D eigenvalue weighted by atomic mass is 35.5. The van der Waals surface area contributed by atoms with E-state index in [2.05, 4.69) is 4.98 Å². The number of nitrogens with zero attached hydrogens (tertiary/aromatic N) is 1. The molecule has 4 nitrogen and oxygen atoms in total. The number of carboxylic acid groups (broad SMARTS) is 1. The highest BCUT2D eigenvalue weighted by Crippen LogP contribution is 2.24. The minimum atomic E-state index is -0.858. The number of hydrogen-bond donors (Lipinski definition) is 1. The second-order valence-corrected chi connectivity index (χ2v) is 3.96. The van der Waals surface area contributed by atoms with Gasteiger partial charge in [-0.15, -0.1) is 0 Å². The Kier molecular flexibility index (Phi) is 3.44. The van der Waals surface area contributed by atoms with E-state index in [0.29, 0.717) is 22.9 Å². The molecule has 0 aliphatic rings. The van der Waals surface area contributed by atoms with Gasteiger partial charge >= 0.3 is 5.97 Å². The summed E-state index contributed by atoms with van der Waals surface area (Å²) in [6.45, 7) is 0. The fourth-order valence-electron chi connectivity index (χ4n) is 1.51. The van der Waals surface area contributed by atoms with Crippen LogP contribution in [0.4, 0.5) is 0 Å². The third-order valence-electron chi connectivity index (χ3n) is 2.32. The van der Waals surface area contributed by atoms with Crippen LogP contribution in [0, 0.1) is 0 Å². The van der Waals surface area contributed by atoms with Crippen molar-refractivity contribution in [2.24, 2.45) is 0 Å². The van der Waals surface area contributed by atoms with Crippen molar-refractivity contribution in [2.45, 2.75) is 12.8 Å². The molecule has 1 heterocycles. The maximum absolute atomic E-state index is 10.5. The van der Waals surface area contributed by atoms with E-state index in [1.165, 1.54) is 6.39 Å². The second kappa shape index (κ2) is 5.01. The molecule has 0 saturated carbocycles. The van der Waals surface area contributed by atoms with Gasteiger partial charge < -0.3 is 9.52 Å². The van der Waals surface area contributed by atoms with Crippen LogP contribution in [0.5, 0.6) is 0 Å². The Morgan fingerprint density at radius 2 is 2.06 bits per heavy atom. The molecule has 0 aliphatic carbocycles. The number of halogens is 1. The molecule has 17 heavy (non-hydrogen) atoms. The van der Waals surface area contributed by atoms with Crippen molar-refractivity contribution in [2.75, 3.05) is 0 Å². The van der Waals surface area contributed by atoms with E-state index in [9.17, 15) is 4.79 Å². The Bertz CT molecular complexity index is 519. The standard InChI is InChI=1S/C12H10ClNO3/c13-9-3-1-8(2-4-9)12-10(17-7-14-12)5-6-11(15)16/h1-4,7H,5-6H2,(H,15,16). The predicted octanol–water partition coefficient (Wildman–Crippen LogP) is 3.01. The molecule has 0 amide bonds. The lowest BCUT2D eigenvalue weighted by atomic mass is 10.1. The van der Waals surface area contributed by atoms with Crippen LogP contribution >= 0.6 is 11.6 Å². The van der Waals surface area contributed by atoms with Crippen molar-refractivity contribution in [3.8, 4) is 11.3 Å². The van der Waals surface area contributed by atoms with E-state index >= 15 is 0 Å². The first-order valence-corrected chi connectivity index (χ1v) is 5.44. The summed E-state index contributed by atoms with van der Waals surface area (Å²) in [6, 6.07) is 7.16. The molecule has 1 N–H and O–H groups in total. The van der Waals surface area contributed by atoms with E-state index in [0.717, 1.165) is 5.56 Å². The molecule has 1 aromatic carbocycles. The Morgan fingerprint density at radius 3 is 2.71 bits per heavy atom. The van der Waals surface area contributed by atoms with Crippen LogP contribution in [-0.4, -0.2) is 16.1 Å². The summed E-state index contributed by atoms with van der Waals surface area (Å²) in [4.78, 5) is 14.6. The van der Waals surface area contributed by atoms with Crippen LogP contribution in [0.1, 0.15) is 12.2 Å². The lowest BCUT2D eigenvalue weighted by Crippen LogP contribution is -1.97.